The molecule has 0 saturated heterocycles. The van der Waals surface area contributed by atoms with Crippen LogP contribution in [-0.4, -0.2) is 16.7 Å². The van der Waals surface area contributed by atoms with Gasteiger partial charge in [0.1, 0.15) is 5.82 Å². The molecule has 1 heterocycles. The molecule has 0 fully saturated rings. The molecule has 4 N–H and O–H groups in total. The molecule has 0 amide bonds. The summed E-state index contributed by atoms with van der Waals surface area (Å²) in [6.45, 7) is 1.85. The minimum atomic E-state index is -0.629. The van der Waals surface area contributed by atoms with E-state index in [1.165, 1.54) is 0 Å². The summed E-state index contributed by atoms with van der Waals surface area (Å²) in [5.41, 5.74) is 6.80. The summed E-state index contributed by atoms with van der Waals surface area (Å²) in [6, 6.07) is 11.5. The molecule has 1 aromatic heterocycles. The standard InChI is InChI=1S/C14H16BrN3O/c1-14(9-19,10-5-3-2-4-6-10)18-13-12(16)7-11(15)8-17-13/h2-8,19H,9,16H2,1H3,(H,17,18). The second-order valence-electron chi connectivity index (χ2n) is 4.57. The van der Waals surface area contributed by atoms with Gasteiger partial charge in [-0.15, -0.1) is 0 Å². The second kappa shape index (κ2) is 5.59. The fourth-order valence-electron chi connectivity index (χ4n) is 1.83. The third-order valence-corrected chi connectivity index (χ3v) is 3.44. The van der Waals surface area contributed by atoms with E-state index in [9.17, 15) is 5.11 Å². The number of rotatable bonds is 4. The van der Waals surface area contributed by atoms with E-state index >= 15 is 0 Å². The molecule has 1 unspecified atom stereocenters. The highest BCUT2D eigenvalue weighted by Crippen LogP contribution is 2.28. The van der Waals surface area contributed by atoms with Crippen LogP contribution in [0.15, 0.2) is 47.1 Å². The molecule has 0 saturated carbocycles. The van der Waals surface area contributed by atoms with Gasteiger partial charge in [-0.1, -0.05) is 30.3 Å². The molecule has 1 atom stereocenters. The van der Waals surface area contributed by atoms with E-state index in [2.05, 4.69) is 26.2 Å². The number of nitrogens with two attached hydrogens (primary N) is 1. The van der Waals surface area contributed by atoms with Gasteiger partial charge in [0.15, 0.2) is 0 Å². The van der Waals surface area contributed by atoms with Crippen LogP contribution in [-0.2, 0) is 5.54 Å². The zero-order valence-corrected chi connectivity index (χ0v) is 12.2. The molecule has 1 aromatic carbocycles. The number of hydrogen-bond donors (Lipinski definition) is 3. The highest BCUT2D eigenvalue weighted by Gasteiger charge is 2.26. The van der Waals surface area contributed by atoms with Crippen LogP contribution in [0.1, 0.15) is 12.5 Å². The normalized spacial score (nSPS) is 13.8. The van der Waals surface area contributed by atoms with Crippen molar-refractivity contribution in [2.24, 2.45) is 0 Å². The summed E-state index contributed by atoms with van der Waals surface area (Å²) in [6.07, 6.45) is 1.67. The van der Waals surface area contributed by atoms with Gasteiger partial charge in [-0.3, -0.25) is 0 Å². The van der Waals surface area contributed by atoms with Gasteiger partial charge in [0.2, 0.25) is 0 Å². The minimum Gasteiger partial charge on any atom is -0.396 e. The molecular formula is C14H16BrN3O. The van der Waals surface area contributed by atoms with Crippen LogP contribution in [0.2, 0.25) is 0 Å². The number of anilines is 2. The van der Waals surface area contributed by atoms with E-state index in [1.807, 2.05) is 37.3 Å². The van der Waals surface area contributed by atoms with Crippen molar-refractivity contribution in [1.82, 2.24) is 4.98 Å². The van der Waals surface area contributed by atoms with Crippen LogP contribution in [0.3, 0.4) is 0 Å². The fourth-order valence-corrected chi connectivity index (χ4v) is 2.18. The Balaban J connectivity index is 2.33. The molecule has 4 nitrogen and oxygen atoms in total. The lowest BCUT2D eigenvalue weighted by molar-refractivity contribution is 0.224. The van der Waals surface area contributed by atoms with Crippen molar-refractivity contribution in [2.45, 2.75) is 12.5 Å². The lowest BCUT2D eigenvalue weighted by Crippen LogP contribution is -2.36. The van der Waals surface area contributed by atoms with Crippen LogP contribution in [0.25, 0.3) is 0 Å². The quantitative estimate of drug-likeness (QED) is 0.809. The van der Waals surface area contributed by atoms with E-state index in [-0.39, 0.29) is 6.61 Å². The number of aliphatic hydroxyl groups is 1. The number of hydrogen-bond acceptors (Lipinski definition) is 4. The molecule has 0 aliphatic carbocycles. The summed E-state index contributed by atoms with van der Waals surface area (Å²) in [4.78, 5) is 4.24. The number of benzene rings is 1. The number of nitrogens with one attached hydrogen (secondary N) is 1. The Morgan fingerprint density at radius 1 is 1.37 bits per heavy atom. The Morgan fingerprint density at radius 2 is 2.05 bits per heavy atom. The van der Waals surface area contributed by atoms with Crippen LogP contribution in [0.4, 0.5) is 11.5 Å². The summed E-state index contributed by atoms with van der Waals surface area (Å²) < 4.78 is 0.820. The average Bonchev–Trinajstić information content (AvgIpc) is 2.43. The maximum absolute atomic E-state index is 9.71. The molecule has 0 radical (unpaired) electrons. The van der Waals surface area contributed by atoms with E-state index in [4.69, 9.17) is 5.73 Å². The van der Waals surface area contributed by atoms with Crippen LogP contribution >= 0.6 is 15.9 Å². The highest BCUT2D eigenvalue weighted by molar-refractivity contribution is 9.10. The van der Waals surface area contributed by atoms with Gasteiger partial charge in [-0.2, -0.15) is 0 Å². The van der Waals surface area contributed by atoms with Crippen molar-refractivity contribution in [1.29, 1.82) is 0 Å². The van der Waals surface area contributed by atoms with Crippen molar-refractivity contribution in [3.8, 4) is 0 Å². The topological polar surface area (TPSA) is 71.2 Å². The molecular weight excluding hydrogens is 306 g/mol. The average molecular weight is 322 g/mol. The molecule has 2 rings (SSSR count). The van der Waals surface area contributed by atoms with Gasteiger partial charge in [-0.25, -0.2) is 4.98 Å². The summed E-state index contributed by atoms with van der Waals surface area (Å²) in [5, 5.41) is 12.9. The number of nitrogens with zero attached hydrogens (tertiary/aromatic N) is 1. The van der Waals surface area contributed by atoms with E-state index in [1.54, 1.807) is 12.3 Å². The van der Waals surface area contributed by atoms with E-state index in [0.29, 0.717) is 11.5 Å². The van der Waals surface area contributed by atoms with Gasteiger partial charge in [0, 0.05) is 10.7 Å². The van der Waals surface area contributed by atoms with Gasteiger partial charge < -0.3 is 16.2 Å². The van der Waals surface area contributed by atoms with Crippen LogP contribution in [0.5, 0.6) is 0 Å². The number of pyridine rings is 1. The summed E-state index contributed by atoms with van der Waals surface area (Å²) in [7, 11) is 0. The molecule has 0 aliphatic rings. The molecule has 19 heavy (non-hydrogen) atoms. The second-order valence-corrected chi connectivity index (χ2v) is 5.49. The maximum Gasteiger partial charge on any atom is 0.150 e. The zero-order valence-electron chi connectivity index (χ0n) is 10.6. The first-order valence-corrected chi connectivity index (χ1v) is 6.70. The van der Waals surface area contributed by atoms with Crippen LogP contribution < -0.4 is 11.1 Å². The smallest absolute Gasteiger partial charge is 0.150 e. The number of aliphatic hydroxyl groups excluding tert-OH is 1. The molecule has 0 aliphatic heterocycles. The van der Waals surface area contributed by atoms with Crippen molar-refractivity contribution in [3.63, 3.8) is 0 Å². The van der Waals surface area contributed by atoms with Crippen molar-refractivity contribution in [2.75, 3.05) is 17.7 Å². The third-order valence-electron chi connectivity index (χ3n) is 3.01. The molecule has 2 aromatic rings. The Morgan fingerprint density at radius 3 is 2.63 bits per heavy atom. The Bertz CT molecular complexity index is 562. The van der Waals surface area contributed by atoms with Crippen molar-refractivity contribution < 1.29 is 5.11 Å². The monoisotopic (exact) mass is 321 g/mol. The van der Waals surface area contributed by atoms with Crippen molar-refractivity contribution >= 4 is 27.4 Å². The zero-order chi connectivity index (χ0) is 13.9. The predicted molar refractivity (Wildman–Crippen MR) is 80.9 cm³/mol. The number of nitrogen functional groups attached to an aromatic ring is 1. The van der Waals surface area contributed by atoms with Gasteiger partial charge in [-0.05, 0) is 34.5 Å². The minimum absolute atomic E-state index is 0.0613. The fraction of sp³-hybridized carbons (Fsp3) is 0.214. The first-order valence-electron chi connectivity index (χ1n) is 5.91. The number of aromatic nitrogens is 1. The summed E-state index contributed by atoms with van der Waals surface area (Å²) >= 11 is 3.32. The van der Waals surface area contributed by atoms with Crippen LogP contribution in [0, 0.1) is 0 Å². The third kappa shape index (κ3) is 3.05. The lowest BCUT2D eigenvalue weighted by atomic mass is 9.93. The maximum atomic E-state index is 9.71. The lowest BCUT2D eigenvalue weighted by Gasteiger charge is -2.30. The Labute approximate surface area is 120 Å². The first kappa shape index (κ1) is 13.8. The Kier molecular flexibility index (Phi) is 4.07. The van der Waals surface area contributed by atoms with Gasteiger partial charge in [0.25, 0.3) is 0 Å². The van der Waals surface area contributed by atoms with E-state index < -0.39 is 5.54 Å². The first-order chi connectivity index (χ1) is 9.05. The van der Waals surface area contributed by atoms with Gasteiger partial charge >= 0.3 is 0 Å². The molecule has 0 spiro atoms. The largest absolute Gasteiger partial charge is 0.396 e. The number of halogens is 1. The molecule has 5 heteroatoms. The summed E-state index contributed by atoms with van der Waals surface area (Å²) in [5.74, 6) is 0.559. The predicted octanol–water partition coefficient (Wildman–Crippen LogP) is 2.75. The van der Waals surface area contributed by atoms with E-state index in [0.717, 1.165) is 10.0 Å². The highest BCUT2D eigenvalue weighted by atomic mass is 79.9. The Hall–Kier alpha value is -1.59. The molecule has 0 bridgehead atoms. The SMILES string of the molecule is CC(CO)(Nc1ncc(Br)cc1N)c1ccccc1. The molecule has 100 valence electrons. The van der Waals surface area contributed by atoms with Gasteiger partial charge in [0.05, 0.1) is 17.8 Å². The van der Waals surface area contributed by atoms with Crippen molar-refractivity contribution in [3.05, 3.63) is 52.6 Å².